The number of rotatable bonds is 3. The minimum Gasteiger partial charge on any atom is -0.392 e. The van der Waals surface area contributed by atoms with Gasteiger partial charge in [0.25, 0.3) is 5.91 Å². The Hall–Kier alpha value is -3.72. The number of hydrogen-bond acceptors (Lipinski definition) is 4. The lowest BCUT2D eigenvalue weighted by Crippen LogP contribution is -2.41. The van der Waals surface area contributed by atoms with E-state index < -0.39 is 18.1 Å². The van der Waals surface area contributed by atoms with Crippen molar-refractivity contribution in [2.75, 3.05) is 11.4 Å². The molecule has 6 rings (SSSR count). The van der Waals surface area contributed by atoms with Gasteiger partial charge in [-0.05, 0) is 53.6 Å². The molecule has 4 aromatic rings. The summed E-state index contributed by atoms with van der Waals surface area (Å²) in [6, 6.07) is 6.22. The summed E-state index contributed by atoms with van der Waals surface area (Å²) in [6.45, 7) is 5.03. The van der Waals surface area contributed by atoms with Crippen molar-refractivity contribution in [2.45, 2.75) is 39.8 Å². The number of benzene rings is 1. The van der Waals surface area contributed by atoms with Gasteiger partial charge in [-0.25, -0.2) is 14.2 Å². The second kappa shape index (κ2) is 7.14. The highest BCUT2D eigenvalue weighted by Gasteiger charge is 2.37. The van der Waals surface area contributed by atoms with Gasteiger partial charge in [-0.15, -0.1) is 0 Å². The summed E-state index contributed by atoms with van der Waals surface area (Å²) in [5.74, 6) is -0.748. The highest BCUT2D eigenvalue weighted by atomic mass is 19.1. The van der Waals surface area contributed by atoms with E-state index in [2.05, 4.69) is 33.4 Å². The number of aromatic nitrogens is 4. The van der Waals surface area contributed by atoms with Crippen LogP contribution in [0.25, 0.3) is 22.3 Å². The molecule has 0 atom stereocenters. The van der Waals surface area contributed by atoms with Gasteiger partial charge in [-0.3, -0.25) is 9.78 Å². The van der Waals surface area contributed by atoms with Gasteiger partial charge in [0.2, 0.25) is 0 Å². The molecule has 1 aliphatic carbocycles. The van der Waals surface area contributed by atoms with E-state index in [0.717, 1.165) is 12.8 Å². The number of hydrogen-bond donors (Lipinski definition) is 3. The van der Waals surface area contributed by atoms with Gasteiger partial charge in [0.15, 0.2) is 5.65 Å². The molecule has 34 heavy (non-hydrogen) atoms. The van der Waals surface area contributed by atoms with E-state index in [-0.39, 0.29) is 11.3 Å². The molecule has 4 heterocycles. The van der Waals surface area contributed by atoms with E-state index in [4.69, 9.17) is 0 Å². The summed E-state index contributed by atoms with van der Waals surface area (Å²) in [5.41, 5.74) is 5.18. The molecule has 0 saturated heterocycles. The number of halogens is 1. The van der Waals surface area contributed by atoms with Crippen LogP contribution in [0, 0.1) is 11.2 Å². The van der Waals surface area contributed by atoms with Crippen molar-refractivity contribution in [1.29, 1.82) is 0 Å². The lowest BCUT2D eigenvalue weighted by atomic mass is 9.90. The Labute approximate surface area is 194 Å². The van der Waals surface area contributed by atoms with Crippen LogP contribution in [0.5, 0.6) is 0 Å². The number of nitrogens with one attached hydrogen (secondary N) is 2. The molecule has 8 nitrogen and oxygen atoms in total. The summed E-state index contributed by atoms with van der Waals surface area (Å²) in [4.78, 5) is 36.4. The summed E-state index contributed by atoms with van der Waals surface area (Å²) >= 11 is 0. The summed E-state index contributed by atoms with van der Waals surface area (Å²) in [7, 11) is 0. The molecule has 1 aromatic carbocycles. The number of anilines is 1. The second-order valence-electron chi connectivity index (χ2n) is 9.90. The molecule has 3 N–H and O–H groups in total. The minimum absolute atomic E-state index is 0.184. The Bertz CT molecular complexity index is 1540. The number of H-pyrrole nitrogens is 2. The first-order valence-electron chi connectivity index (χ1n) is 11.3. The maximum absolute atomic E-state index is 14.9. The molecule has 0 unspecified atom stereocenters. The van der Waals surface area contributed by atoms with Gasteiger partial charge in [0.1, 0.15) is 11.5 Å². The molecule has 174 valence electrons. The van der Waals surface area contributed by atoms with E-state index in [9.17, 15) is 19.1 Å². The monoisotopic (exact) mass is 461 g/mol. The quantitative estimate of drug-likeness (QED) is 0.436. The number of aliphatic hydroxyl groups is 1. The Morgan fingerprint density at radius 2 is 1.94 bits per heavy atom. The van der Waals surface area contributed by atoms with Gasteiger partial charge >= 0.3 is 5.69 Å². The van der Waals surface area contributed by atoms with Gasteiger partial charge in [-0.2, -0.15) is 0 Å². The standard InChI is InChI=1S/C25H24FN5O3/c1-25(2)10-13-7-19-23(33)31(6-5-30(19)20(13)11-25)18-9-14(26)8-16(17(18)12-32)15-3-4-27-22-21(15)28-24(34)29-22/h3-4,7-9,32H,5-6,10-12H2,1-2H3,(H2,27,28,29,34). The van der Waals surface area contributed by atoms with Crippen LogP contribution >= 0.6 is 0 Å². The summed E-state index contributed by atoms with van der Waals surface area (Å²) in [5, 5.41) is 10.3. The fourth-order valence-corrected chi connectivity index (χ4v) is 5.57. The first-order chi connectivity index (χ1) is 16.3. The van der Waals surface area contributed by atoms with Gasteiger partial charge in [0, 0.05) is 36.1 Å². The zero-order chi connectivity index (χ0) is 23.8. The van der Waals surface area contributed by atoms with Crippen molar-refractivity contribution >= 4 is 22.8 Å². The Balaban J connectivity index is 1.47. The molecule has 0 fully saturated rings. The highest BCUT2D eigenvalue weighted by molar-refractivity contribution is 6.07. The van der Waals surface area contributed by atoms with Crippen LogP contribution in [0.2, 0.25) is 0 Å². The highest BCUT2D eigenvalue weighted by Crippen LogP contribution is 2.41. The van der Waals surface area contributed by atoms with Crippen LogP contribution in [0.3, 0.4) is 0 Å². The zero-order valence-electron chi connectivity index (χ0n) is 18.9. The SMILES string of the molecule is CC1(C)Cc2cc3n(c2C1)CCN(c1cc(F)cc(-c2ccnc4[nH]c(=O)[nH]c24)c1CO)C3=O. The number of amides is 1. The van der Waals surface area contributed by atoms with Crippen molar-refractivity contribution in [1.82, 2.24) is 19.5 Å². The lowest BCUT2D eigenvalue weighted by Gasteiger charge is -2.32. The van der Waals surface area contributed by atoms with Crippen LogP contribution in [0.1, 0.15) is 41.2 Å². The maximum atomic E-state index is 14.9. The number of nitrogens with zero attached hydrogens (tertiary/aromatic N) is 3. The van der Waals surface area contributed by atoms with Gasteiger partial charge in [0.05, 0.1) is 17.8 Å². The minimum atomic E-state index is -0.539. The van der Waals surface area contributed by atoms with Crippen molar-refractivity contribution in [2.24, 2.45) is 5.41 Å². The first-order valence-corrected chi connectivity index (χ1v) is 11.3. The number of carbonyl (C=O) groups excluding carboxylic acids is 1. The Kier molecular flexibility index (Phi) is 4.38. The number of fused-ring (bicyclic) bond motifs is 4. The van der Waals surface area contributed by atoms with Crippen LogP contribution in [-0.2, 0) is 26.0 Å². The largest absolute Gasteiger partial charge is 0.392 e. The first kappa shape index (κ1) is 20.9. The van der Waals surface area contributed by atoms with Crippen molar-refractivity contribution in [3.05, 3.63) is 69.3 Å². The third-order valence-corrected chi connectivity index (χ3v) is 6.98. The average Bonchev–Trinajstić information content (AvgIpc) is 3.42. The Morgan fingerprint density at radius 3 is 2.74 bits per heavy atom. The molecule has 0 spiro atoms. The third-order valence-electron chi connectivity index (χ3n) is 6.98. The fourth-order valence-electron chi connectivity index (χ4n) is 5.57. The van der Waals surface area contributed by atoms with Crippen LogP contribution in [0.15, 0.2) is 35.3 Å². The number of aliphatic hydroxyl groups excluding tert-OH is 1. The molecule has 0 bridgehead atoms. The summed E-state index contributed by atoms with van der Waals surface area (Å²) in [6.07, 6.45) is 3.36. The molecule has 0 saturated carbocycles. The van der Waals surface area contributed by atoms with E-state index in [1.807, 2.05) is 6.07 Å². The van der Waals surface area contributed by atoms with E-state index in [1.54, 1.807) is 11.0 Å². The van der Waals surface area contributed by atoms with E-state index in [1.165, 1.54) is 29.6 Å². The number of pyridine rings is 1. The third kappa shape index (κ3) is 3.03. The normalized spacial score (nSPS) is 16.8. The average molecular weight is 461 g/mol. The molecule has 0 radical (unpaired) electrons. The predicted octanol–water partition coefficient (Wildman–Crippen LogP) is 3.14. The Morgan fingerprint density at radius 1 is 1.12 bits per heavy atom. The fraction of sp³-hybridized carbons (Fsp3) is 0.320. The topological polar surface area (TPSA) is 107 Å². The van der Waals surface area contributed by atoms with Crippen LogP contribution in [0.4, 0.5) is 10.1 Å². The molecule has 1 aliphatic heterocycles. The smallest absolute Gasteiger partial charge is 0.325 e. The molecular formula is C25H24FN5O3. The molecular weight excluding hydrogens is 437 g/mol. The molecule has 9 heteroatoms. The maximum Gasteiger partial charge on any atom is 0.325 e. The molecule has 1 amide bonds. The van der Waals surface area contributed by atoms with E-state index in [0.29, 0.717) is 52.3 Å². The van der Waals surface area contributed by atoms with Crippen molar-refractivity contribution in [3.63, 3.8) is 0 Å². The zero-order valence-corrected chi connectivity index (χ0v) is 18.9. The lowest BCUT2D eigenvalue weighted by molar-refractivity contribution is 0.0963. The van der Waals surface area contributed by atoms with Crippen LogP contribution < -0.4 is 10.6 Å². The summed E-state index contributed by atoms with van der Waals surface area (Å²) < 4.78 is 17.0. The molecule has 3 aromatic heterocycles. The van der Waals surface area contributed by atoms with Crippen LogP contribution in [-0.4, -0.2) is 37.1 Å². The van der Waals surface area contributed by atoms with Gasteiger partial charge in [-0.1, -0.05) is 13.8 Å². The second-order valence-corrected chi connectivity index (χ2v) is 9.90. The van der Waals surface area contributed by atoms with E-state index >= 15 is 0 Å². The number of aromatic amines is 2. The molecule has 2 aliphatic rings. The predicted molar refractivity (Wildman–Crippen MR) is 125 cm³/mol. The number of imidazole rings is 1. The number of carbonyl (C=O) groups is 1. The van der Waals surface area contributed by atoms with Gasteiger partial charge < -0.3 is 19.6 Å². The van der Waals surface area contributed by atoms with Crippen molar-refractivity contribution < 1.29 is 14.3 Å². The van der Waals surface area contributed by atoms with Crippen molar-refractivity contribution in [3.8, 4) is 11.1 Å².